The third-order valence-corrected chi connectivity index (χ3v) is 4.69. The summed E-state index contributed by atoms with van der Waals surface area (Å²) >= 11 is 0. The van der Waals surface area contributed by atoms with E-state index in [0.717, 1.165) is 30.3 Å². The molecule has 0 heterocycles. The molecular formula is C17H11F4NO4S. The molecule has 0 saturated heterocycles. The van der Waals surface area contributed by atoms with Crippen LogP contribution < -0.4 is 4.74 Å². The van der Waals surface area contributed by atoms with Crippen LogP contribution in [0.2, 0.25) is 0 Å². The number of ether oxygens (including phenoxy) is 1. The maximum absolute atomic E-state index is 14.4. The van der Waals surface area contributed by atoms with Crippen molar-refractivity contribution >= 4 is 10.7 Å². The highest BCUT2D eigenvalue weighted by Crippen LogP contribution is 2.56. The van der Waals surface area contributed by atoms with Crippen molar-refractivity contribution in [2.45, 2.75) is 24.0 Å². The quantitative estimate of drug-likeness (QED) is 0.607. The molecule has 2 aromatic rings. The van der Waals surface area contributed by atoms with Crippen LogP contribution in [0.1, 0.15) is 34.5 Å². The highest BCUT2D eigenvalue weighted by atomic mass is 32.2. The molecule has 0 aromatic heterocycles. The predicted molar refractivity (Wildman–Crippen MR) is 85.4 cm³/mol. The first kappa shape index (κ1) is 19.1. The minimum absolute atomic E-state index is 0.108. The summed E-state index contributed by atoms with van der Waals surface area (Å²) in [6, 6.07) is 6.76. The highest BCUT2D eigenvalue weighted by Gasteiger charge is 2.58. The van der Waals surface area contributed by atoms with Gasteiger partial charge in [0, 0.05) is 17.2 Å². The second-order valence-electron chi connectivity index (χ2n) is 5.87. The predicted octanol–water partition coefficient (Wildman–Crippen LogP) is 3.29. The lowest BCUT2D eigenvalue weighted by Crippen LogP contribution is -2.24. The van der Waals surface area contributed by atoms with E-state index in [2.05, 4.69) is 0 Å². The monoisotopic (exact) mass is 401 g/mol. The lowest BCUT2D eigenvalue weighted by molar-refractivity contribution is -0.143. The number of aliphatic hydroxyl groups excluding tert-OH is 1. The summed E-state index contributed by atoms with van der Waals surface area (Å²) in [4.78, 5) is 0. The van der Waals surface area contributed by atoms with Gasteiger partial charge < -0.3 is 9.84 Å². The Labute approximate surface area is 152 Å². The smallest absolute Gasteiger partial charge is 0.312 e. The number of halogens is 4. The maximum atomic E-state index is 14.4. The van der Waals surface area contributed by atoms with Crippen LogP contribution in [-0.4, -0.2) is 19.4 Å². The van der Waals surface area contributed by atoms with E-state index in [9.17, 15) is 31.1 Å². The van der Waals surface area contributed by atoms with Crippen LogP contribution in [0.25, 0.3) is 0 Å². The van der Waals surface area contributed by atoms with Gasteiger partial charge >= 0.3 is 5.92 Å². The Bertz CT molecular complexity index is 1020. The average molecular weight is 401 g/mol. The fourth-order valence-corrected chi connectivity index (χ4v) is 3.50. The molecule has 142 valence electrons. The number of hydrogen-bond acceptors (Lipinski definition) is 5. The topological polar surface area (TPSA) is 87.4 Å². The molecular weight excluding hydrogens is 390 g/mol. The number of nitriles is 1. The molecule has 0 aliphatic heterocycles. The van der Waals surface area contributed by atoms with Crippen LogP contribution in [-0.2, 0) is 16.5 Å². The van der Waals surface area contributed by atoms with Gasteiger partial charge in [0.1, 0.15) is 34.1 Å². The summed E-state index contributed by atoms with van der Waals surface area (Å²) in [6.45, 7) is 0. The lowest BCUT2D eigenvalue weighted by Gasteiger charge is -2.16. The van der Waals surface area contributed by atoms with E-state index in [4.69, 9.17) is 10.00 Å². The normalized spacial score (nSPS) is 20.3. The van der Waals surface area contributed by atoms with Crippen molar-refractivity contribution in [2.75, 3.05) is 0 Å². The van der Waals surface area contributed by atoms with Crippen molar-refractivity contribution in [3.63, 3.8) is 0 Å². The van der Waals surface area contributed by atoms with Gasteiger partial charge in [0.15, 0.2) is 6.17 Å². The molecule has 3 rings (SSSR count). The van der Waals surface area contributed by atoms with Crippen LogP contribution in [0.4, 0.5) is 17.6 Å². The number of alkyl halides is 3. The lowest BCUT2D eigenvalue weighted by atomic mass is 10.0. The van der Waals surface area contributed by atoms with Gasteiger partial charge in [-0.05, 0) is 23.8 Å². The summed E-state index contributed by atoms with van der Waals surface area (Å²) in [6.07, 6.45) is -5.51. The van der Waals surface area contributed by atoms with E-state index >= 15 is 0 Å². The molecule has 1 aliphatic carbocycles. The Balaban J connectivity index is 2.14. The number of benzene rings is 2. The second kappa shape index (κ2) is 6.83. The molecule has 0 unspecified atom stereocenters. The van der Waals surface area contributed by atoms with Crippen molar-refractivity contribution in [3.8, 4) is 17.6 Å². The fourth-order valence-electron chi connectivity index (χ4n) is 2.95. The molecule has 0 spiro atoms. The maximum Gasteiger partial charge on any atom is 0.312 e. The number of rotatable bonds is 4. The second-order valence-corrected chi connectivity index (χ2v) is 6.85. The van der Waals surface area contributed by atoms with E-state index < -0.39 is 57.3 Å². The zero-order valence-corrected chi connectivity index (χ0v) is 14.2. The summed E-state index contributed by atoms with van der Waals surface area (Å²) in [7, 11) is -3.02. The molecule has 1 aliphatic rings. The van der Waals surface area contributed by atoms with E-state index in [1.807, 2.05) is 0 Å². The molecule has 1 N–H and O–H groups in total. The van der Waals surface area contributed by atoms with Crippen LogP contribution in [0.3, 0.4) is 0 Å². The average Bonchev–Trinajstić information content (AvgIpc) is 2.77. The zero-order chi connectivity index (χ0) is 19.9. The van der Waals surface area contributed by atoms with Crippen LogP contribution in [0.5, 0.6) is 11.5 Å². The van der Waals surface area contributed by atoms with Crippen LogP contribution >= 0.6 is 0 Å². The fraction of sp³-hybridized carbons (Fsp3) is 0.235. The molecule has 10 heteroatoms. The van der Waals surface area contributed by atoms with Gasteiger partial charge in [0.25, 0.3) is 0 Å². The van der Waals surface area contributed by atoms with Gasteiger partial charge in [-0.3, -0.25) is 0 Å². The van der Waals surface area contributed by atoms with Crippen molar-refractivity contribution in [1.82, 2.24) is 0 Å². The van der Waals surface area contributed by atoms with Gasteiger partial charge in [-0.25, -0.2) is 17.2 Å². The Morgan fingerprint density at radius 1 is 1.22 bits per heavy atom. The van der Waals surface area contributed by atoms with Gasteiger partial charge in [-0.1, -0.05) is 6.07 Å². The minimum Gasteiger partial charge on any atom is -0.457 e. The molecule has 5 nitrogen and oxygen atoms in total. The Morgan fingerprint density at radius 2 is 1.93 bits per heavy atom. The molecule has 0 fully saturated rings. The zero-order valence-electron chi connectivity index (χ0n) is 13.3. The van der Waals surface area contributed by atoms with E-state index in [-0.39, 0.29) is 16.9 Å². The summed E-state index contributed by atoms with van der Waals surface area (Å²) in [5.41, 5.74) is -1.56. The highest BCUT2D eigenvalue weighted by molar-refractivity contribution is 7.71. The van der Waals surface area contributed by atoms with Crippen LogP contribution in [0.15, 0.2) is 30.3 Å². The number of nitrogens with zero attached hydrogens (tertiary/aromatic N) is 1. The third kappa shape index (κ3) is 3.36. The molecule has 0 saturated carbocycles. The molecule has 0 radical (unpaired) electrons. The van der Waals surface area contributed by atoms with Gasteiger partial charge in [-0.2, -0.15) is 14.0 Å². The van der Waals surface area contributed by atoms with E-state index in [1.165, 1.54) is 0 Å². The first-order chi connectivity index (χ1) is 12.6. The molecule has 2 atom stereocenters. The number of aliphatic hydroxyl groups is 1. The molecule has 2 aromatic carbocycles. The van der Waals surface area contributed by atoms with Crippen molar-refractivity contribution < 1.29 is 35.8 Å². The standard InChI is InChI=1S/C17H11F4NO4S/c18-10-3-8(6-22)4-11(5-10)26-12-2-1-9(7-27(24)25)13-14(12)15(19)17(20,21)16(13)23/h1-5,15-16,23,27H,7H2/t15-,16+/m1/s1. The van der Waals surface area contributed by atoms with E-state index in [0.29, 0.717) is 0 Å². The molecule has 0 bridgehead atoms. The van der Waals surface area contributed by atoms with Crippen molar-refractivity contribution in [2.24, 2.45) is 0 Å². The van der Waals surface area contributed by atoms with Crippen molar-refractivity contribution in [3.05, 3.63) is 58.4 Å². The Hall–Kier alpha value is -2.64. The van der Waals surface area contributed by atoms with Crippen LogP contribution in [0, 0.1) is 17.1 Å². The Morgan fingerprint density at radius 3 is 2.56 bits per heavy atom. The third-order valence-electron chi connectivity index (χ3n) is 4.09. The Kier molecular flexibility index (Phi) is 4.84. The summed E-state index contributed by atoms with van der Waals surface area (Å²) in [5, 5.41) is 18.7. The SMILES string of the molecule is N#Cc1cc(F)cc(Oc2ccc(C[SH](=O)=O)c3c2[C@@H](F)C(F)(F)[C@H]3O)c1. The largest absolute Gasteiger partial charge is 0.457 e. The first-order valence-corrected chi connectivity index (χ1v) is 8.87. The molecule has 0 amide bonds. The summed E-state index contributed by atoms with van der Waals surface area (Å²) in [5.74, 6) is -6.37. The minimum atomic E-state index is -4.19. The van der Waals surface area contributed by atoms with Gasteiger partial charge in [0.05, 0.1) is 17.4 Å². The van der Waals surface area contributed by atoms with Gasteiger partial charge in [0.2, 0.25) is 0 Å². The van der Waals surface area contributed by atoms with Gasteiger partial charge in [-0.15, -0.1) is 0 Å². The van der Waals surface area contributed by atoms with Crippen molar-refractivity contribution in [1.29, 1.82) is 5.26 Å². The summed E-state index contributed by atoms with van der Waals surface area (Å²) < 4.78 is 83.2. The molecule has 27 heavy (non-hydrogen) atoms. The first-order valence-electron chi connectivity index (χ1n) is 7.51. The van der Waals surface area contributed by atoms with E-state index in [1.54, 1.807) is 6.07 Å². The number of fused-ring (bicyclic) bond motifs is 1. The number of hydrogen-bond donors (Lipinski definition) is 2. The number of thiol groups is 1.